The van der Waals surface area contributed by atoms with Crippen LogP contribution in [0.15, 0.2) is 18.2 Å². The molecule has 0 heterocycles. The summed E-state index contributed by atoms with van der Waals surface area (Å²) in [6.07, 6.45) is 3.93. The lowest BCUT2D eigenvalue weighted by molar-refractivity contribution is 0.900. The Balaban J connectivity index is 2.47. The Hall–Kier alpha value is -0.780. The van der Waals surface area contributed by atoms with E-state index in [1.807, 2.05) is 0 Å². The fourth-order valence-electron chi connectivity index (χ4n) is 2.24. The Labute approximate surface area is 87.3 Å². The molecule has 0 saturated heterocycles. The van der Waals surface area contributed by atoms with Gasteiger partial charge in [-0.1, -0.05) is 32.0 Å². The molecule has 14 heavy (non-hydrogen) atoms. The van der Waals surface area contributed by atoms with Gasteiger partial charge in [0.15, 0.2) is 0 Å². The first-order valence-electron chi connectivity index (χ1n) is 5.68. The number of hydrogen-bond acceptors (Lipinski definition) is 0. The van der Waals surface area contributed by atoms with Gasteiger partial charge in [-0.15, -0.1) is 0 Å². The molecule has 1 atom stereocenters. The van der Waals surface area contributed by atoms with Crippen LogP contribution in [-0.2, 0) is 6.42 Å². The first kappa shape index (κ1) is 9.76. The third-order valence-electron chi connectivity index (χ3n) is 3.13. The van der Waals surface area contributed by atoms with E-state index in [2.05, 4.69) is 39.0 Å². The van der Waals surface area contributed by atoms with Crippen molar-refractivity contribution in [1.82, 2.24) is 0 Å². The van der Waals surface area contributed by atoms with Crippen molar-refractivity contribution >= 4 is 0 Å². The van der Waals surface area contributed by atoms with Gasteiger partial charge in [0.05, 0.1) is 0 Å². The lowest BCUT2D eigenvalue weighted by Gasteiger charge is -2.15. The normalized spacial score (nSPS) is 16.3. The molecule has 2 rings (SSSR count). The van der Waals surface area contributed by atoms with E-state index in [9.17, 15) is 0 Å². The third kappa shape index (κ3) is 1.70. The van der Waals surface area contributed by atoms with E-state index in [-0.39, 0.29) is 0 Å². The van der Waals surface area contributed by atoms with Crippen LogP contribution in [-0.4, -0.2) is 0 Å². The lowest BCUT2D eigenvalue weighted by Crippen LogP contribution is -1.99. The third-order valence-corrected chi connectivity index (χ3v) is 3.13. The standard InChI is InChI=1S/C14H19/c1-4-11-6-5-7-13(10(2)3)14(11)12-8-9-12/h5-7,10,12H,2,4,8-9H2,1,3H3. The van der Waals surface area contributed by atoms with Crippen LogP contribution in [0.3, 0.4) is 0 Å². The zero-order valence-corrected chi connectivity index (χ0v) is 9.22. The Morgan fingerprint density at radius 2 is 2.14 bits per heavy atom. The second-order valence-corrected chi connectivity index (χ2v) is 4.45. The first-order chi connectivity index (χ1) is 6.74. The Kier molecular flexibility index (Phi) is 2.62. The van der Waals surface area contributed by atoms with Crippen molar-refractivity contribution < 1.29 is 0 Å². The highest BCUT2D eigenvalue weighted by atomic mass is 14.3. The molecule has 0 aromatic heterocycles. The maximum absolute atomic E-state index is 4.15. The largest absolute Gasteiger partial charge is 0.0617 e. The molecule has 0 bridgehead atoms. The maximum Gasteiger partial charge on any atom is -0.0156 e. The van der Waals surface area contributed by atoms with Crippen LogP contribution in [0, 0.1) is 6.92 Å². The molecule has 1 unspecified atom stereocenters. The van der Waals surface area contributed by atoms with Crippen molar-refractivity contribution in [2.24, 2.45) is 0 Å². The summed E-state index contributed by atoms with van der Waals surface area (Å²) < 4.78 is 0. The second-order valence-electron chi connectivity index (χ2n) is 4.45. The summed E-state index contributed by atoms with van der Waals surface area (Å²) in [5.41, 5.74) is 4.64. The predicted octanol–water partition coefficient (Wildman–Crippen LogP) is 4.06. The van der Waals surface area contributed by atoms with Crippen LogP contribution >= 0.6 is 0 Å². The number of aryl methyl sites for hydroxylation is 1. The second kappa shape index (κ2) is 3.76. The fraction of sp³-hybridized carbons (Fsp3) is 0.500. The zero-order valence-electron chi connectivity index (χ0n) is 9.22. The average molecular weight is 187 g/mol. The average Bonchev–Trinajstić information content (AvgIpc) is 2.99. The number of benzene rings is 1. The summed E-state index contributed by atoms with van der Waals surface area (Å²) in [6.45, 7) is 8.60. The Morgan fingerprint density at radius 3 is 2.64 bits per heavy atom. The van der Waals surface area contributed by atoms with E-state index in [0.29, 0.717) is 5.92 Å². The zero-order chi connectivity index (χ0) is 10.1. The van der Waals surface area contributed by atoms with Crippen molar-refractivity contribution in [3.8, 4) is 0 Å². The van der Waals surface area contributed by atoms with Gasteiger partial charge in [-0.3, -0.25) is 0 Å². The molecule has 0 aliphatic heterocycles. The van der Waals surface area contributed by atoms with Crippen LogP contribution in [0.2, 0.25) is 0 Å². The molecule has 0 heteroatoms. The molecule has 1 saturated carbocycles. The first-order valence-corrected chi connectivity index (χ1v) is 5.68. The van der Waals surface area contributed by atoms with Gasteiger partial charge in [0, 0.05) is 0 Å². The van der Waals surface area contributed by atoms with Gasteiger partial charge in [0.25, 0.3) is 0 Å². The van der Waals surface area contributed by atoms with Crippen molar-refractivity contribution in [3.05, 3.63) is 41.8 Å². The van der Waals surface area contributed by atoms with Crippen molar-refractivity contribution in [2.75, 3.05) is 0 Å². The minimum Gasteiger partial charge on any atom is -0.0617 e. The minimum absolute atomic E-state index is 0.428. The molecule has 1 aliphatic carbocycles. The summed E-state index contributed by atoms with van der Waals surface area (Å²) in [5, 5.41) is 0. The summed E-state index contributed by atoms with van der Waals surface area (Å²) in [6, 6.07) is 6.71. The van der Waals surface area contributed by atoms with Gasteiger partial charge >= 0.3 is 0 Å². The van der Waals surface area contributed by atoms with E-state index >= 15 is 0 Å². The lowest BCUT2D eigenvalue weighted by atomic mass is 9.89. The molecule has 0 N–H and O–H groups in total. The molecule has 0 nitrogen and oxygen atoms in total. The predicted molar refractivity (Wildman–Crippen MR) is 61.6 cm³/mol. The summed E-state index contributed by atoms with van der Waals surface area (Å²) >= 11 is 0. The molecule has 1 aliphatic rings. The van der Waals surface area contributed by atoms with E-state index < -0.39 is 0 Å². The Bertz CT molecular complexity index is 319. The van der Waals surface area contributed by atoms with E-state index in [4.69, 9.17) is 0 Å². The maximum atomic E-state index is 4.15. The fourth-order valence-corrected chi connectivity index (χ4v) is 2.24. The van der Waals surface area contributed by atoms with Crippen molar-refractivity contribution in [3.63, 3.8) is 0 Å². The summed E-state index contributed by atoms with van der Waals surface area (Å²) in [7, 11) is 0. The van der Waals surface area contributed by atoms with Crippen LogP contribution < -0.4 is 0 Å². The molecule has 0 spiro atoms. The monoisotopic (exact) mass is 187 g/mol. The van der Waals surface area contributed by atoms with Gasteiger partial charge in [0.1, 0.15) is 0 Å². The molecule has 1 fully saturated rings. The van der Waals surface area contributed by atoms with Crippen molar-refractivity contribution in [1.29, 1.82) is 0 Å². The molecule has 0 amide bonds. The van der Waals surface area contributed by atoms with Gasteiger partial charge < -0.3 is 0 Å². The molecule has 75 valence electrons. The smallest absolute Gasteiger partial charge is 0.0156 e. The van der Waals surface area contributed by atoms with Gasteiger partial charge in [-0.25, -0.2) is 0 Å². The topological polar surface area (TPSA) is 0 Å². The highest BCUT2D eigenvalue weighted by Crippen LogP contribution is 2.45. The van der Waals surface area contributed by atoms with E-state index in [1.54, 1.807) is 11.1 Å². The molecule has 1 radical (unpaired) electrons. The van der Waals surface area contributed by atoms with Gasteiger partial charge in [0.2, 0.25) is 0 Å². The van der Waals surface area contributed by atoms with Crippen LogP contribution in [0.5, 0.6) is 0 Å². The minimum atomic E-state index is 0.428. The van der Waals surface area contributed by atoms with Gasteiger partial charge in [-0.05, 0) is 54.7 Å². The summed E-state index contributed by atoms with van der Waals surface area (Å²) in [5.74, 6) is 1.28. The number of rotatable bonds is 3. The number of hydrogen-bond donors (Lipinski definition) is 0. The highest BCUT2D eigenvalue weighted by molar-refractivity contribution is 5.42. The Morgan fingerprint density at radius 1 is 1.43 bits per heavy atom. The molecular formula is C14H19. The van der Waals surface area contributed by atoms with E-state index in [1.165, 1.54) is 18.4 Å². The van der Waals surface area contributed by atoms with Crippen LogP contribution in [0.4, 0.5) is 0 Å². The van der Waals surface area contributed by atoms with Crippen molar-refractivity contribution in [2.45, 2.75) is 44.9 Å². The summed E-state index contributed by atoms with van der Waals surface area (Å²) in [4.78, 5) is 0. The molecule has 1 aromatic carbocycles. The van der Waals surface area contributed by atoms with Gasteiger partial charge in [-0.2, -0.15) is 0 Å². The highest BCUT2D eigenvalue weighted by Gasteiger charge is 2.28. The van der Waals surface area contributed by atoms with Crippen LogP contribution in [0.1, 0.15) is 55.2 Å². The van der Waals surface area contributed by atoms with E-state index in [0.717, 1.165) is 12.3 Å². The van der Waals surface area contributed by atoms with Crippen LogP contribution in [0.25, 0.3) is 0 Å². The SMILES string of the molecule is [CH2]C(C)c1cccc(CC)c1C1CC1. The molecule has 1 aromatic rings. The molecular weight excluding hydrogens is 168 g/mol. The quantitative estimate of drug-likeness (QED) is 0.669.